The molecule has 2 aromatic rings. The van der Waals surface area contributed by atoms with Gasteiger partial charge in [-0.05, 0) is 24.6 Å². The van der Waals surface area contributed by atoms with Crippen LogP contribution in [0.3, 0.4) is 0 Å². The normalized spacial score (nSPS) is 23.5. The Morgan fingerprint density at radius 2 is 2.03 bits per heavy atom. The molecule has 1 aromatic carbocycles. The highest BCUT2D eigenvalue weighted by molar-refractivity contribution is 5.93. The summed E-state index contributed by atoms with van der Waals surface area (Å²) in [6.45, 7) is 1.76. The van der Waals surface area contributed by atoms with E-state index in [-0.39, 0.29) is 30.6 Å². The minimum atomic E-state index is -1.07. The Morgan fingerprint density at radius 1 is 1.32 bits per heavy atom. The van der Waals surface area contributed by atoms with Crippen molar-refractivity contribution in [3.63, 3.8) is 0 Å². The van der Waals surface area contributed by atoms with Gasteiger partial charge in [0.15, 0.2) is 5.96 Å². The maximum absolute atomic E-state index is 10.8. The predicted octanol–water partition coefficient (Wildman–Crippen LogP) is 0.372. The molecule has 1 aliphatic rings. The lowest BCUT2D eigenvalue weighted by molar-refractivity contribution is -0.384. The van der Waals surface area contributed by atoms with Gasteiger partial charge < -0.3 is 30.7 Å². The second-order valence-electron chi connectivity index (χ2n) is 7.01. The zero-order valence-corrected chi connectivity index (χ0v) is 17.0. The number of aliphatic hydroxyl groups excluding tert-OH is 2. The van der Waals surface area contributed by atoms with Crippen LogP contribution in [0, 0.1) is 10.1 Å². The van der Waals surface area contributed by atoms with Crippen molar-refractivity contribution in [2.24, 2.45) is 10.7 Å². The Bertz CT molecular complexity index is 953. The molecule has 2 heterocycles. The molecule has 0 radical (unpaired) electrons. The third-order valence-electron chi connectivity index (χ3n) is 4.90. The number of nitro groups is 1. The van der Waals surface area contributed by atoms with E-state index in [2.05, 4.69) is 20.3 Å². The van der Waals surface area contributed by atoms with Crippen LogP contribution < -0.4 is 15.8 Å². The summed E-state index contributed by atoms with van der Waals surface area (Å²) >= 11 is 0. The van der Waals surface area contributed by atoms with Crippen molar-refractivity contribution in [2.45, 2.75) is 44.4 Å². The third-order valence-corrected chi connectivity index (χ3v) is 4.90. The quantitative estimate of drug-likeness (QED) is 0.207. The van der Waals surface area contributed by atoms with E-state index in [1.54, 1.807) is 19.1 Å². The molecule has 5 N–H and O–H groups in total. The van der Waals surface area contributed by atoms with Crippen LogP contribution in [-0.4, -0.2) is 62.5 Å². The summed E-state index contributed by atoms with van der Waals surface area (Å²) < 4.78 is 11.4. The number of hydrogen-bond donors (Lipinski definition) is 4. The number of anilines is 1. The van der Waals surface area contributed by atoms with Gasteiger partial charge in [-0.15, -0.1) is 0 Å². The van der Waals surface area contributed by atoms with E-state index in [1.165, 1.54) is 25.5 Å². The second kappa shape index (κ2) is 9.64. The molecule has 0 saturated carbocycles. The highest BCUT2D eigenvalue weighted by Gasteiger charge is 2.40. The van der Waals surface area contributed by atoms with E-state index >= 15 is 0 Å². The fraction of sp³-hybridized carbons (Fsp3) is 0.421. The Hall–Kier alpha value is -3.35. The van der Waals surface area contributed by atoms with Gasteiger partial charge in [-0.1, -0.05) is 0 Å². The monoisotopic (exact) mass is 432 g/mol. The number of rotatable bonds is 7. The van der Waals surface area contributed by atoms with Gasteiger partial charge in [-0.2, -0.15) is 4.98 Å². The van der Waals surface area contributed by atoms with Crippen LogP contribution in [0.2, 0.25) is 0 Å². The number of hydrogen-bond acceptors (Lipinski definition) is 9. The van der Waals surface area contributed by atoms with Gasteiger partial charge in [0.25, 0.3) is 5.69 Å². The van der Waals surface area contributed by atoms with Crippen LogP contribution in [0.15, 0.2) is 35.6 Å². The number of benzene rings is 1. The lowest BCUT2D eigenvalue weighted by Gasteiger charge is -2.18. The van der Waals surface area contributed by atoms with Crippen molar-refractivity contribution in [1.29, 1.82) is 0 Å². The van der Waals surface area contributed by atoms with Crippen LogP contribution in [0.1, 0.15) is 18.2 Å². The van der Waals surface area contributed by atoms with E-state index in [4.69, 9.17) is 15.2 Å². The fourth-order valence-electron chi connectivity index (χ4n) is 3.14. The maximum Gasteiger partial charge on any atom is 0.269 e. The van der Waals surface area contributed by atoms with Gasteiger partial charge in [0.05, 0.1) is 22.8 Å². The van der Waals surface area contributed by atoms with Crippen LogP contribution in [0.25, 0.3) is 0 Å². The second-order valence-corrected chi connectivity index (χ2v) is 7.01. The van der Waals surface area contributed by atoms with E-state index in [0.29, 0.717) is 16.9 Å². The molecule has 12 heteroatoms. The van der Waals surface area contributed by atoms with E-state index < -0.39 is 29.3 Å². The largest absolute Gasteiger partial charge is 0.471 e. The zero-order chi connectivity index (χ0) is 22.5. The summed E-state index contributed by atoms with van der Waals surface area (Å²) in [6.07, 6.45) is -1.80. The molecule has 1 aromatic heterocycles. The van der Waals surface area contributed by atoms with Gasteiger partial charge in [0, 0.05) is 25.6 Å². The first-order valence-corrected chi connectivity index (χ1v) is 9.51. The van der Waals surface area contributed by atoms with Gasteiger partial charge in [-0.3, -0.25) is 15.1 Å². The van der Waals surface area contributed by atoms with Gasteiger partial charge >= 0.3 is 0 Å². The molecular weight excluding hydrogens is 408 g/mol. The smallest absolute Gasteiger partial charge is 0.269 e. The zero-order valence-electron chi connectivity index (χ0n) is 17.0. The average Bonchev–Trinajstić information content (AvgIpc) is 3.00. The summed E-state index contributed by atoms with van der Waals surface area (Å²) in [5, 5.41) is 33.9. The van der Waals surface area contributed by atoms with Crippen molar-refractivity contribution < 1.29 is 24.6 Å². The Morgan fingerprint density at radius 3 is 2.61 bits per heavy atom. The van der Waals surface area contributed by atoms with E-state index in [9.17, 15) is 20.3 Å². The number of aliphatic hydroxyl groups is 2. The maximum atomic E-state index is 10.8. The van der Waals surface area contributed by atoms with Crippen LogP contribution in [0.5, 0.6) is 5.88 Å². The van der Waals surface area contributed by atoms with Crippen molar-refractivity contribution >= 4 is 17.3 Å². The SMILES string of the molecule is CN=C(N)Nc1c(C[C@@H]2O[C@H](C)[C@@H](O)[C@H]2O)ncnc1OCc1ccc([N+](=O)[O-])cc1. The number of ether oxygens (including phenoxy) is 2. The van der Waals surface area contributed by atoms with Gasteiger partial charge in [0.1, 0.15) is 30.8 Å². The van der Waals surface area contributed by atoms with Crippen molar-refractivity contribution in [3.05, 3.63) is 52.0 Å². The highest BCUT2D eigenvalue weighted by atomic mass is 16.6. The van der Waals surface area contributed by atoms with E-state index in [1.807, 2.05) is 0 Å². The predicted molar refractivity (Wildman–Crippen MR) is 111 cm³/mol. The number of nitro benzene ring substituents is 1. The van der Waals surface area contributed by atoms with Crippen LogP contribution in [-0.2, 0) is 17.8 Å². The molecule has 0 spiro atoms. The summed E-state index contributed by atoms with van der Waals surface area (Å²) in [4.78, 5) is 22.6. The highest BCUT2D eigenvalue weighted by Crippen LogP contribution is 2.30. The summed E-state index contributed by atoms with van der Waals surface area (Å²) in [5.74, 6) is 0.272. The Labute approximate surface area is 177 Å². The number of aromatic nitrogens is 2. The molecule has 4 atom stereocenters. The molecule has 12 nitrogen and oxygen atoms in total. The molecule has 3 rings (SSSR count). The first kappa shape index (κ1) is 22.3. The first-order valence-electron chi connectivity index (χ1n) is 9.51. The van der Waals surface area contributed by atoms with Crippen molar-refractivity contribution in [2.75, 3.05) is 12.4 Å². The molecule has 0 aliphatic carbocycles. The summed E-state index contributed by atoms with van der Waals surface area (Å²) in [7, 11) is 1.51. The minimum absolute atomic E-state index is 0.0195. The molecule has 1 saturated heterocycles. The van der Waals surface area contributed by atoms with Crippen molar-refractivity contribution in [1.82, 2.24) is 9.97 Å². The Balaban J connectivity index is 1.82. The number of nitrogens with one attached hydrogen (secondary N) is 1. The fourth-order valence-corrected chi connectivity index (χ4v) is 3.14. The average molecular weight is 432 g/mol. The molecule has 1 aliphatic heterocycles. The van der Waals surface area contributed by atoms with E-state index in [0.717, 1.165) is 0 Å². The molecule has 0 bridgehead atoms. The summed E-state index contributed by atoms with van der Waals surface area (Å²) in [6, 6.07) is 5.94. The number of aliphatic imine (C=N–C) groups is 1. The molecule has 31 heavy (non-hydrogen) atoms. The lowest BCUT2D eigenvalue weighted by atomic mass is 10.0. The molecule has 1 fully saturated rings. The van der Waals surface area contributed by atoms with Crippen molar-refractivity contribution in [3.8, 4) is 5.88 Å². The summed E-state index contributed by atoms with van der Waals surface area (Å²) in [5.41, 5.74) is 7.29. The number of non-ortho nitro benzene ring substituents is 1. The molecular formula is C19H24N6O6. The standard InChI is InChI=1S/C19H24N6O6/c1-10-16(26)17(27)14(31-10)7-13-15(24-19(20)21-2)18(23-9-22-13)30-8-11-3-5-12(6-4-11)25(28)29/h3-6,9-10,14,16-17,26-27H,7-8H2,1-2H3,(H3,20,21,24)/t10-,14+,16-,17+/m1/s1. The molecule has 166 valence electrons. The first-order chi connectivity index (χ1) is 14.8. The van der Waals surface area contributed by atoms with Crippen LogP contribution in [0.4, 0.5) is 11.4 Å². The Kier molecular flexibility index (Phi) is 6.95. The van der Waals surface area contributed by atoms with Gasteiger partial charge in [-0.25, -0.2) is 4.98 Å². The molecule has 0 amide bonds. The number of guanidine groups is 1. The minimum Gasteiger partial charge on any atom is -0.471 e. The lowest BCUT2D eigenvalue weighted by Crippen LogP contribution is -2.33. The number of nitrogens with two attached hydrogens (primary N) is 1. The van der Waals surface area contributed by atoms with Crippen LogP contribution >= 0.6 is 0 Å². The molecule has 0 unspecified atom stereocenters. The van der Waals surface area contributed by atoms with Gasteiger partial charge in [0.2, 0.25) is 5.88 Å². The number of nitrogens with zero attached hydrogens (tertiary/aromatic N) is 4. The topological polar surface area (TPSA) is 178 Å². The third kappa shape index (κ3) is 5.23.